The van der Waals surface area contributed by atoms with Crippen LogP contribution in [-0.2, 0) is 19.1 Å². The number of ether oxygens (including phenoxy) is 2. The third-order valence-electron chi connectivity index (χ3n) is 1.33. The van der Waals surface area contributed by atoms with Gasteiger partial charge in [-0.3, -0.25) is 9.59 Å². The highest BCUT2D eigenvalue weighted by Gasteiger charge is 2.12. The fourth-order valence-electron chi connectivity index (χ4n) is 0.790. The number of ketones is 1. The maximum absolute atomic E-state index is 11.3. The minimum absolute atomic E-state index is 0.000147. The Bertz CT molecular complexity index is 264. The fraction of sp³-hybridized carbons (Fsp3) is 0.700. The molecule has 0 aliphatic heterocycles. The average molecular weight is 264 g/mol. The number of esters is 1. The zero-order chi connectivity index (χ0) is 12.6. The molecule has 0 radical (unpaired) electrons. The van der Waals surface area contributed by atoms with Gasteiger partial charge in [0.05, 0.1) is 18.5 Å². The topological polar surface area (TPSA) is 52.6 Å². The largest absolute Gasteiger partial charge is 0.476 e. The minimum Gasteiger partial charge on any atom is -0.476 e. The van der Waals surface area contributed by atoms with Crippen molar-refractivity contribution in [1.82, 2.24) is 0 Å². The summed E-state index contributed by atoms with van der Waals surface area (Å²) in [5, 5.41) is 0. The molecule has 0 fully saturated rings. The van der Waals surface area contributed by atoms with Crippen LogP contribution < -0.4 is 0 Å². The number of carbonyl (C=O) groups excluding carboxylic acids is 2. The van der Waals surface area contributed by atoms with Gasteiger partial charge in [-0.2, -0.15) is 0 Å². The predicted octanol–water partition coefficient (Wildman–Crippen LogP) is 1.95. The molecule has 0 aromatic heterocycles. The summed E-state index contributed by atoms with van der Waals surface area (Å²) in [6.45, 7) is 5.69. The van der Waals surface area contributed by atoms with E-state index in [0.717, 1.165) is 11.8 Å². The average Bonchev–Trinajstić information content (AvgIpc) is 2.14. The molecular weight excluding hydrogens is 248 g/mol. The molecular formula is C10H16O4S2. The Kier molecular flexibility index (Phi) is 8.19. The Labute approximate surface area is 105 Å². The van der Waals surface area contributed by atoms with E-state index < -0.39 is 5.97 Å². The van der Waals surface area contributed by atoms with E-state index in [-0.39, 0.29) is 30.7 Å². The Morgan fingerprint density at radius 3 is 2.50 bits per heavy atom. The molecule has 0 amide bonds. The fourth-order valence-corrected chi connectivity index (χ4v) is 1.80. The third kappa shape index (κ3) is 8.67. The summed E-state index contributed by atoms with van der Waals surface area (Å²) in [6.07, 6.45) is -0.203. The van der Waals surface area contributed by atoms with Crippen LogP contribution in [0.2, 0.25) is 0 Å². The van der Waals surface area contributed by atoms with Crippen LogP contribution in [-0.4, -0.2) is 34.6 Å². The van der Waals surface area contributed by atoms with Gasteiger partial charge in [-0.05, 0) is 33.0 Å². The van der Waals surface area contributed by atoms with Crippen LogP contribution in [0.1, 0.15) is 27.2 Å². The smallest absolute Gasteiger partial charge is 0.313 e. The van der Waals surface area contributed by atoms with E-state index in [1.54, 1.807) is 6.92 Å². The lowest BCUT2D eigenvalue weighted by Gasteiger charge is -2.09. The molecule has 0 heterocycles. The standard InChI is InChI=1S/C10H16O4S2/c1-4-13-9(12)5-8(11)6-16-10(15)14-7(2)3/h7H,4-6H2,1-3H3. The Morgan fingerprint density at radius 1 is 1.38 bits per heavy atom. The van der Waals surface area contributed by atoms with Crippen molar-refractivity contribution < 1.29 is 19.1 Å². The Hall–Kier alpha value is -0.620. The van der Waals surface area contributed by atoms with Crippen molar-refractivity contribution in [1.29, 1.82) is 0 Å². The second-order valence-corrected chi connectivity index (χ2v) is 4.80. The quantitative estimate of drug-likeness (QED) is 0.415. The van der Waals surface area contributed by atoms with Crippen LogP contribution >= 0.6 is 24.0 Å². The van der Waals surface area contributed by atoms with Crippen molar-refractivity contribution in [3.63, 3.8) is 0 Å². The van der Waals surface area contributed by atoms with Crippen molar-refractivity contribution in [2.24, 2.45) is 0 Å². The highest BCUT2D eigenvalue weighted by molar-refractivity contribution is 8.23. The molecule has 0 aromatic rings. The van der Waals surface area contributed by atoms with Gasteiger partial charge >= 0.3 is 5.97 Å². The van der Waals surface area contributed by atoms with Gasteiger partial charge in [0.25, 0.3) is 0 Å². The van der Waals surface area contributed by atoms with E-state index in [2.05, 4.69) is 4.74 Å². The van der Waals surface area contributed by atoms with Crippen LogP contribution in [0.3, 0.4) is 0 Å². The predicted molar refractivity (Wildman–Crippen MR) is 67.5 cm³/mol. The monoisotopic (exact) mass is 264 g/mol. The van der Waals surface area contributed by atoms with Gasteiger partial charge in [0, 0.05) is 0 Å². The molecule has 0 aromatic carbocycles. The number of thiocarbonyl (C=S) groups is 1. The second-order valence-electron chi connectivity index (χ2n) is 3.23. The molecule has 6 heteroatoms. The lowest BCUT2D eigenvalue weighted by atomic mass is 10.3. The molecule has 16 heavy (non-hydrogen) atoms. The van der Waals surface area contributed by atoms with Gasteiger partial charge in [-0.25, -0.2) is 0 Å². The molecule has 0 spiro atoms. The number of carbonyl (C=O) groups is 2. The van der Waals surface area contributed by atoms with Gasteiger partial charge in [0.1, 0.15) is 6.42 Å². The summed E-state index contributed by atoms with van der Waals surface area (Å²) >= 11 is 6.01. The molecule has 0 bridgehead atoms. The first-order valence-corrected chi connectivity index (χ1v) is 6.35. The molecule has 0 unspecified atom stereocenters. The zero-order valence-electron chi connectivity index (χ0n) is 9.65. The molecule has 0 aliphatic rings. The van der Waals surface area contributed by atoms with Crippen molar-refractivity contribution in [3.8, 4) is 0 Å². The Morgan fingerprint density at radius 2 is 2.00 bits per heavy atom. The SMILES string of the molecule is CCOC(=O)CC(=O)CSC(=S)OC(C)C. The summed E-state index contributed by atoms with van der Waals surface area (Å²) in [7, 11) is 0. The van der Waals surface area contributed by atoms with E-state index in [9.17, 15) is 9.59 Å². The number of thioether (sulfide) groups is 1. The first kappa shape index (κ1) is 15.4. The first-order valence-electron chi connectivity index (χ1n) is 4.96. The zero-order valence-corrected chi connectivity index (χ0v) is 11.3. The van der Waals surface area contributed by atoms with E-state index in [4.69, 9.17) is 17.0 Å². The van der Waals surface area contributed by atoms with Crippen LogP contribution in [0.5, 0.6) is 0 Å². The van der Waals surface area contributed by atoms with E-state index >= 15 is 0 Å². The summed E-state index contributed by atoms with van der Waals surface area (Å²) < 4.78 is 10.2. The van der Waals surface area contributed by atoms with Crippen molar-refractivity contribution in [3.05, 3.63) is 0 Å². The van der Waals surface area contributed by atoms with E-state index in [0.29, 0.717) is 4.38 Å². The molecule has 0 atom stereocenters. The van der Waals surface area contributed by atoms with Gasteiger partial charge in [-0.15, -0.1) is 0 Å². The van der Waals surface area contributed by atoms with Crippen molar-refractivity contribution in [2.45, 2.75) is 33.3 Å². The number of hydrogen-bond acceptors (Lipinski definition) is 6. The third-order valence-corrected chi connectivity index (χ3v) is 2.58. The normalized spacial score (nSPS) is 10.0. The number of rotatable bonds is 6. The molecule has 0 saturated heterocycles. The van der Waals surface area contributed by atoms with Gasteiger partial charge in [0.2, 0.25) is 4.38 Å². The van der Waals surface area contributed by atoms with Crippen LogP contribution in [0.15, 0.2) is 0 Å². The van der Waals surface area contributed by atoms with Gasteiger partial charge in [-0.1, -0.05) is 11.8 Å². The molecule has 0 saturated carbocycles. The lowest BCUT2D eigenvalue weighted by Crippen LogP contribution is -2.14. The van der Waals surface area contributed by atoms with Crippen LogP contribution in [0, 0.1) is 0 Å². The second kappa shape index (κ2) is 8.52. The summed E-state index contributed by atoms with van der Waals surface area (Å²) in [4.78, 5) is 22.2. The van der Waals surface area contributed by atoms with E-state index in [1.165, 1.54) is 0 Å². The maximum atomic E-state index is 11.3. The molecule has 92 valence electrons. The summed E-state index contributed by atoms with van der Waals surface area (Å²) in [5.41, 5.74) is 0. The van der Waals surface area contributed by atoms with Crippen molar-refractivity contribution in [2.75, 3.05) is 12.4 Å². The van der Waals surface area contributed by atoms with Crippen LogP contribution in [0.25, 0.3) is 0 Å². The first-order chi connectivity index (χ1) is 7.45. The molecule has 0 aliphatic carbocycles. The van der Waals surface area contributed by atoms with Gasteiger partial charge < -0.3 is 9.47 Å². The highest BCUT2D eigenvalue weighted by Crippen LogP contribution is 2.09. The maximum Gasteiger partial charge on any atom is 0.313 e. The van der Waals surface area contributed by atoms with Gasteiger partial charge in [0.15, 0.2) is 5.78 Å². The lowest BCUT2D eigenvalue weighted by molar-refractivity contribution is -0.145. The summed E-state index contributed by atoms with van der Waals surface area (Å²) in [6, 6.07) is 0. The summed E-state index contributed by atoms with van der Waals surface area (Å²) in [5.74, 6) is -0.563. The van der Waals surface area contributed by atoms with Crippen molar-refractivity contribution >= 4 is 40.1 Å². The molecule has 4 nitrogen and oxygen atoms in total. The number of Topliss-reactive ketones (excluding diaryl/α,β-unsaturated/α-hetero) is 1. The number of hydrogen-bond donors (Lipinski definition) is 0. The highest BCUT2D eigenvalue weighted by atomic mass is 32.2. The molecule has 0 N–H and O–H groups in total. The molecule has 0 rings (SSSR count). The Balaban J connectivity index is 3.73. The minimum atomic E-state index is -0.496. The van der Waals surface area contributed by atoms with E-state index in [1.807, 2.05) is 13.8 Å². The van der Waals surface area contributed by atoms with Crippen LogP contribution in [0.4, 0.5) is 0 Å².